The zero-order valence-corrected chi connectivity index (χ0v) is 27.6. The molecule has 2 amide bonds. The standard InChI is InChI=1S/C34H37N3O8S2/c1-42-32(26-7-3-2-4-8-26)33(39)37-17-16-34(47(40,41)20-18-37,21-30(38)36-45-31-9-5-6-19-43-31)29-15-14-28(46-29)25-12-10-24(11-13-25)27-22-35-23-44-27/h2-4,7-8,10-15,22-23,31-32H,5-6,9,16-21H2,1H3,(H,36,38)/t31?,32-,34?/m1/s1. The average molecular weight is 680 g/mol. The summed E-state index contributed by atoms with van der Waals surface area (Å²) in [6.45, 7) is 0.625. The van der Waals surface area contributed by atoms with Crippen molar-refractivity contribution in [3.8, 4) is 21.8 Å². The van der Waals surface area contributed by atoms with Crippen LogP contribution in [0.1, 0.15) is 48.6 Å². The number of benzene rings is 2. The quantitative estimate of drug-likeness (QED) is 0.223. The fraction of sp³-hybridized carbons (Fsp3) is 0.382. The number of thiophene rings is 1. The van der Waals surface area contributed by atoms with E-state index < -0.39 is 32.9 Å². The van der Waals surface area contributed by atoms with Gasteiger partial charge in [0, 0.05) is 48.5 Å². The highest BCUT2D eigenvalue weighted by molar-refractivity contribution is 7.92. The molecule has 2 aromatic heterocycles. The molecule has 2 saturated heterocycles. The maximum Gasteiger partial charge on any atom is 0.256 e. The van der Waals surface area contributed by atoms with Crippen LogP contribution < -0.4 is 5.48 Å². The third-order valence-electron chi connectivity index (χ3n) is 8.71. The Morgan fingerprint density at radius 1 is 1.06 bits per heavy atom. The van der Waals surface area contributed by atoms with Crippen molar-refractivity contribution in [1.29, 1.82) is 0 Å². The summed E-state index contributed by atoms with van der Waals surface area (Å²) in [7, 11) is -2.51. The molecule has 4 heterocycles. The van der Waals surface area contributed by atoms with Crippen LogP contribution in [0.15, 0.2) is 83.7 Å². The van der Waals surface area contributed by atoms with Gasteiger partial charge in [0.25, 0.3) is 5.91 Å². The number of oxazole rings is 1. The largest absolute Gasteiger partial charge is 0.444 e. The summed E-state index contributed by atoms with van der Waals surface area (Å²) < 4.78 is 43.6. The third-order valence-corrected chi connectivity index (χ3v) is 12.7. The molecule has 0 saturated carbocycles. The summed E-state index contributed by atoms with van der Waals surface area (Å²) in [5.41, 5.74) is 4.88. The number of nitrogens with one attached hydrogen (secondary N) is 1. The predicted molar refractivity (Wildman–Crippen MR) is 176 cm³/mol. The number of hydrogen-bond donors (Lipinski definition) is 1. The van der Waals surface area contributed by atoms with Crippen LogP contribution in [0.4, 0.5) is 0 Å². The van der Waals surface area contributed by atoms with Gasteiger partial charge in [-0.25, -0.2) is 23.7 Å². The van der Waals surface area contributed by atoms with Crippen LogP contribution in [-0.2, 0) is 38.5 Å². The minimum absolute atomic E-state index is 0.0179. The van der Waals surface area contributed by atoms with Gasteiger partial charge in [0.1, 0.15) is 4.75 Å². The first kappa shape index (κ1) is 33.0. The van der Waals surface area contributed by atoms with Crippen LogP contribution in [0.25, 0.3) is 21.8 Å². The Labute approximate surface area is 277 Å². The van der Waals surface area contributed by atoms with Crippen LogP contribution in [0.5, 0.6) is 0 Å². The fourth-order valence-electron chi connectivity index (χ4n) is 6.09. The normalized spacial score (nSPS) is 21.9. The second kappa shape index (κ2) is 14.5. The van der Waals surface area contributed by atoms with Gasteiger partial charge in [-0.15, -0.1) is 11.3 Å². The minimum Gasteiger partial charge on any atom is -0.444 e. The van der Waals surface area contributed by atoms with Crippen LogP contribution in [-0.4, -0.2) is 69.0 Å². The monoisotopic (exact) mass is 679 g/mol. The molecule has 248 valence electrons. The molecule has 2 aromatic carbocycles. The van der Waals surface area contributed by atoms with E-state index in [2.05, 4.69) is 10.5 Å². The van der Waals surface area contributed by atoms with E-state index in [9.17, 15) is 18.0 Å². The fourth-order valence-corrected chi connectivity index (χ4v) is 9.70. The number of ether oxygens (including phenoxy) is 2. The molecule has 13 heteroatoms. The van der Waals surface area contributed by atoms with Gasteiger partial charge in [0.2, 0.25) is 5.91 Å². The van der Waals surface area contributed by atoms with Crippen LogP contribution in [0.3, 0.4) is 0 Å². The van der Waals surface area contributed by atoms with Crippen molar-refractivity contribution in [2.45, 2.75) is 49.2 Å². The lowest BCUT2D eigenvalue weighted by molar-refractivity contribution is -0.200. The Bertz CT molecular complexity index is 1750. The van der Waals surface area contributed by atoms with Crippen molar-refractivity contribution < 1.29 is 36.7 Å². The Morgan fingerprint density at radius 3 is 2.55 bits per heavy atom. The second-order valence-corrected chi connectivity index (χ2v) is 15.1. The van der Waals surface area contributed by atoms with E-state index in [1.54, 1.807) is 24.4 Å². The molecular formula is C34H37N3O8S2. The maximum atomic E-state index is 14.3. The van der Waals surface area contributed by atoms with Gasteiger partial charge >= 0.3 is 0 Å². The van der Waals surface area contributed by atoms with Gasteiger partial charge in [0.15, 0.2) is 34.4 Å². The van der Waals surface area contributed by atoms with Gasteiger partial charge in [-0.2, -0.15) is 0 Å². The number of carbonyl (C=O) groups is 2. The van der Waals surface area contributed by atoms with Gasteiger partial charge in [0.05, 0.1) is 18.4 Å². The van der Waals surface area contributed by atoms with Crippen molar-refractivity contribution in [2.75, 3.05) is 32.6 Å². The highest BCUT2D eigenvalue weighted by Crippen LogP contribution is 2.45. The third kappa shape index (κ3) is 7.19. The zero-order valence-electron chi connectivity index (χ0n) is 26.0. The van der Waals surface area contributed by atoms with Crippen molar-refractivity contribution in [1.82, 2.24) is 15.4 Å². The molecule has 0 spiro atoms. The van der Waals surface area contributed by atoms with E-state index in [-0.39, 0.29) is 37.6 Å². The number of carbonyl (C=O) groups excluding carboxylic acids is 2. The molecule has 0 aliphatic carbocycles. The number of amides is 2. The molecule has 2 aliphatic heterocycles. The highest BCUT2D eigenvalue weighted by Gasteiger charge is 2.50. The predicted octanol–water partition coefficient (Wildman–Crippen LogP) is 5.26. The van der Waals surface area contributed by atoms with Crippen LogP contribution >= 0.6 is 11.3 Å². The van der Waals surface area contributed by atoms with E-state index in [1.165, 1.54) is 29.7 Å². The number of sulfone groups is 1. The van der Waals surface area contributed by atoms with Gasteiger partial charge in [-0.05, 0) is 42.5 Å². The Hall–Kier alpha value is -3.88. The number of rotatable bonds is 10. The number of nitrogens with zero attached hydrogens (tertiary/aromatic N) is 2. The summed E-state index contributed by atoms with van der Waals surface area (Å²) in [6, 6.07) is 20.4. The van der Waals surface area contributed by atoms with Crippen molar-refractivity contribution >= 4 is 33.0 Å². The Balaban J connectivity index is 1.29. The lowest BCUT2D eigenvalue weighted by Gasteiger charge is -2.31. The van der Waals surface area contributed by atoms with E-state index in [4.69, 9.17) is 18.7 Å². The van der Waals surface area contributed by atoms with Gasteiger partial charge in [-0.1, -0.05) is 54.6 Å². The molecule has 2 aliphatic rings. The zero-order chi connectivity index (χ0) is 32.9. The molecule has 3 atom stereocenters. The molecule has 4 aromatic rings. The SMILES string of the molecule is CO[C@@H](C(=O)N1CCC(CC(=O)NOC2CCCCO2)(c2ccc(-c3ccc(-c4cnco4)cc3)s2)S(=O)(=O)CC1)c1ccccc1. The smallest absolute Gasteiger partial charge is 0.256 e. The Kier molecular flexibility index (Phi) is 10.2. The topological polar surface area (TPSA) is 137 Å². The van der Waals surface area contributed by atoms with Crippen molar-refractivity contribution in [3.05, 3.63) is 89.8 Å². The summed E-state index contributed by atoms with van der Waals surface area (Å²) in [5.74, 6) is -0.581. The summed E-state index contributed by atoms with van der Waals surface area (Å²) in [6.07, 6.45) is 3.64. The number of methoxy groups -OCH3 is 1. The van der Waals surface area contributed by atoms with Crippen molar-refractivity contribution in [2.24, 2.45) is 0 Å². The van der Waals surface area contributed by atoms with Gasteiger partial charge < -0.3 is 18.8 Å². The first-order valence-corrected chi connectivity index (χ1v) is 18.0. The molecule has 11 nitrogen and oxygen atoms in total. The summed E-state index contributed by atoms with van der Waals surface area (Å²) >= 11 is 1.32. The molecule has 2 fully saturated rings. The second-order valence-electron chi connectivity index (χ2n) is 11.6. The van der Waals surface area contributed by atoms with E-state index >= 15 is 0 Å². The minimum atomic E-state index is -3.97. The molecule has 2 unspecified atom stereocenters. The van der Waals surface area contributed by atoms with E-state index in [0.29, 0.717) is 29.2 Å². The lowest BCUT2D eigenvalue weighted by atomic mass is 9.97. The molecule has 6 rings (SSSR count). The Morgan fingerprint density at radius 2 is 1.85 bits per heavy atom. The van der Waals surface area contributed by atoms with E-state index in [1.807, 2.05) is 48.5 Å². The van der Waals surface area contributed by atoms with Crippen LogP contribution in [0, 0.1) is 0 Å². The molecule has 0 bridgehead atoms. The molecule has 0 radical (unpaired) electrons. The number of hydrogen-bond acceptors (Lipinski definition) is 10. The van der Waals surface area contributed by atoms with Gasteiger partial charge in [-0.3, -0.25) is 9.59 Å². The lowest BCUT2D eigenvalue weighted by Crippen LogP contribution is -2.43. The van der Waals surface area contributed by atoms with Crippen LogP contribution in [0.2, 0.25) is 0 Å². The summed E-state index contributed by atoms with van der Waals surface area (Å²) in [4.78, 5) is 39.6. The molecule has 47 heavy (non-hydrogen) atoms. The molecule has 1 N–H and O–H groups in total. The summed E-state index contributed by atoms with van der Waals surface area (Å²) in [5, 5.41) is 0. The first-order valence-electron chi connectivity index (χ1n) is 15.5. The molecular weight excluding hydrogens is 643 g/mol. The number of hydroxylamine groups is 1. The number of aromatic nitrogens is 1. The van der Waals surface area contributed by atoms with E-state index in [0.717, 1.165) is 28.8 Å². The first-order chi connectivity index (χ1) is 22.8. The highest BCUT2D eigenvalue weighted by atomic mass is 32.2. The maximum absolute atomic E-state index is 14.3. The van der Waals surface area contributed by atoms with Crippen molar-refractivity contribution in [3.63, 3.8) is 0 Å². The average Bonchev–Trinajstić information content (AvgIpc) is 3.80.